The van der Waals surface area contributed by atoms with Gasteiger partial charge in [-0.15, -0.1) is 0 Å². The van der Waals surface area contributed by atoms with Gasteiger partial charge < -0.3 is 28.9 Å². The topological polar surface area (TPSA) is 71.6 Å². The third-order valence-electron chi connectivity index (χ3n) is 6.50. The smallest absolute Gasteiger partial charge is 0.320 e. The summed E-state index contributed by atoms with van der Waals surface area (Å²) in [5, 5.41) is 0. The van der Waals surface area contributed by atoms with Crippen molar-refractivity contribution in [3.8, 4) is 22.6 Å². The molecule has 2 fully saturated rings. The maximum absolute atomic E-state index is 13.2. The molecule has 0 aliphatic carbocycles. The minimum Gasteiger partial charge on any atom is -0.497 e. The zero-order valence-corrected chi connectivity index (χ0v) is 18.3. The fourth-order valence-electron chi connectivity index (χ4n) is 4.64. The first-order valence-corrected chi connectivity index (χ1v) is 10.9. The van der Waals surface area contributed by atoms with Crippen molar-refractivity contribution in [2.45, 2.75) is 12.1 Å². The molecule has 2 aromatic rings. The van der Waals surface area contributed by atoms with E-state index in [-0.39, 0.29) is 24.1 Å². The first-order chi connectivity index (χ1) is 15.5. The monoisotopic (exact) mass is 437 g/mol. The number of methoxy groups -OCH3 is 1. The molecule has 0 spiro atoms. The van der Waals surface area contributed by atoms with Crippen molar-refractivity contribution in [2.24, 2.45) is 0 Å². The molecule has 5 rings (SSSR count). The average Bonchev–Trinajstić information content (AvgIpc) is 3.23. The Kier molecular flexibility index (Phi) is 5.38. The molecule has 0 aromatic heterocycles. The third-order valence-corrected chi connectivity index (χ3v) is 6.50. The number of fused-ring (bicyclic) bond motifs is 2. The predicted molar refractivity (Wildman–Crippen MR) is 118 cm³/mol. The summed E-state index contributed by atoms with van der Waals surface area (Å²) >= 11 is 0. The summed E-state index contributed by atoms with van der Waals surface area (Å²) in [6.07, 6.45) is -0.282. The molecule has 0 saturated carbocycles. The van der Waals surface area contributed by atoms with E-state index in [0.717, 1.165) is 16.9 Å². The Morgan fingerprint density at radius 1 is 1.03 bits per heavy atom. The highest BCUT2D eigenvalue weighted by atomic mass is 16.5. The fourth-order valence-corrected chi connectivity index (χ4v) is 4.64. The van der Waals surface area contributed by atoms with Gasteiger partial charge in [-0.05, 0) is 35.4 Å². The van der Waals surface area contributed by atoms with E-state index >= 15 is 0 Å². The van der Waals surface area contributed by atoms with E-state index in [9.17, 15) is 9.59 Å². The zero-order valence-electron chi connectivity index (χ0n) is 18.3. The number of carbonyl (C=O) groups is 2. The van der Waals surface area contributed by atoms with Crippen LogP contribution in [-0.4, -0.2) is 92.3 Å². The van der Waals surface area contributed by atoms with Gasteiger partial charge in [-0.25, -0.2) is 4.79 Å². The van der Waals surface area contributed by atoms with Gasteiger partial charge in [0.15, 0.2) is 0 Å². The molecule has 3 aliphatic rings. The molecule has 0 N–H and O–H groups in total. The number of likely N-dealkylation sites (tertiary alicyclic amines) is 1. The van der Waals surface area contributed by atoms with Gasteiger partial charge in [-0.1, -0.05) is 18.2 Å². The van der Waals surface area contributed by atoms with E-state index < -0.39 is 0 Å². The van der Waals surface area contributed by atoms with Crippen molar-refractivity contribution in [1.82, 2.24) is 14.7 Å². The molecule has 2 aromatic carbocycles. The maximum atomic E-state index is 13.2. The molecule has 2 atom stereocenters. The minimum absolute atomic E-state index is 0.0174. The summed E-state index contributed by atoms with van der Waals surface area (Å²) in [6, 6.07) is 13.2. The first kappa shape index (κ1) is 20.6. The number of likely N-dealkylation sites (N-methyl/N-ethyl adjacent to an activating group) is 1. The molecule has 2 unspecified atom stereocenters. The van der Waals surface area contributed by atoms with Crippen LogP contribution >= 0.6 is 0 Å². The van der Waals surface area contributed by atoms with E-state index in [0.29, 0.717) is 50.7 Å². The van der Waals surface area contributed by atoms with E-state index in [1.165, 1.54) is 0 Å². The van der Waals surface area contributed by atoms with Crippen LogP contribution in [0.15, 0.2) is 42.5 Å². The van der Waals surface area contributed by atoms with Crippen molar-refractivity contribution in [3.63, 3.8) is 0 Å². The van der Waals surface area contributed by atoms with Crippen molar-refractivity contribution in [2.75, 3.05) is 53.6 Å². The lowest BCUT2D eigenvalue weighted by Gasteiger charge is -2.31. The van der Waals surface area contributed by atoms with Crippen molar-refractivity contribution in [1.29, 1.82) is 0 Å². The van der Waals surface area contributed by atoms with Gasteiger partial charge in [0.1, 0.15) is 17.6 Å². The largest absolute Gasteiger partial charge is 0.497 e. The Labute approximate surface area is 187 Å². The normalized spacial score (nSPS) is 22.7. The zero-order chi connectivity index (χ0) is 22.2. The van der Waals surface area contributed by atoms with Gasteiger partial charge in [-0.2, -0.15) is 0 Å². The molecule has 8 heteroatoms. The van der Waals surface area contributed by atoms with Crippen molar-refractivity contribution < 1.29 is 23.8 Å². The summed E-state index contributed by atoms with van der Waals surface area (Å²) in [7, 11) is 3.43. The summed E-state index contributed by atoms with van der Waals surface area (Å²) in [4.78, 5) is 31.5. The Morgan fingerprint density at radius 2 is 1.81 bits per heavy atom. The van der Waals surface area contributed by atoms with Gasteiger partial charge in [0.2, 0.25) is 0 Å². The molecule has 3 aliphatic heterocycles. The Hall–Kier alpha value is -3.26. The number of hydrogen-bond donors (Lipinski definition) is 0. The van der Waals surface area contributed by atoms with Gasteiger partial charge in [0.05, 0.1) is 38.5 Å². The number of carbonyl (C=O) groups excluding carboxylic acids is 2. The summed E-state index contributed by atoms with van der Waals surface area (Å²) in [5.74, 6) is 1.22. The summed E-state index contributed by atoms with van der Waals surface area (Å²) < 4.78 is 17.1. The van der Waals surface area contributed by atoms with Crippen molar-refractivity contribution in [3.05, 3.63) is 48.0 Å². The highest BCUT2D eigenvalue weighted by Gasteiger charge is 2.44. The molecule has 3 amide bonds. The lowest BCUT2D eigenvalue weighted by Crippen LogP contribution is -2.48. The predicted octanol–water partition coefficient (Wildman–Crippen LogP) is 2.33. The lowest BCUT2D eigenvalue weighted by atomic mass is 10.0. The molecule has 32 heavy (non-hydrogen) atoms. The molecular weight excluding hydrogens is 410 g/mol. The highest BCUT2D eigenvalue weighted by Crippen LogP contribution is 2.35. The Bertz CT molecular complexity index is 1040. The minimum atomic E-state index is -0.282. The van der Waals surface area contributed by atoms with E-state index in [2.05, 4.69) is 0 Å². The Morgan fingerprint density at radius 3 is 2.59 bits per heavy atom. The van der Waals surface area contributed by atoms with Crippen LogP contribution in [0.25, 0.3) is 11.1 Å². The van der Waals surface area contributed by atoms with E-state index in [1.807, 2.05) is 47.4 Å². The second-order valence-electron chi connectivity index (χ2n) is 8.37. The van der Waals surface area contributed by atoms with E-state index in [4.69, 9.17) is 14.2 Å². The number of rotatable bonds is 2. The maximum Gasteiger partial charge on any atom is 0.320 e. The number of hydrogen-bond acceptors (Lipinski definition) is 5. The molecule has 2 saturated heterocycles. The molecular formula is C24H27N3O5. The van der Waals surface area contributed by atoms with Crippen LogP contribution in [0, 0.1) is 0 Å². The van der Waals surface area contributed by atoms with Gasteiger partial charge in [0, 0.05) is 26.7 Å². The van der Waals surface area contributed by atoms with Gasteiger partial charge in [0.25, 0.3) is 5.91 Å². The SMILES string of the molecule is COc1cccc(-c2ccc3c(c2)OC2CN(C(=O)N4CCOCC4)CC2N(C)C3=O)c1. The third kappa shape index (κ3) is 3.64. The molecule has 3 heterocycles. The number of amides is 3. The van der Waals surface area contributed by atoms with Crippen LogP contribution in [-0.2, 0) is 4.74 Å². The quantitative estimate of drug-likeness (QED) is 0.721. The van der Waals surface area contributed by atoms with Crippen LogP contribution in [0.2, 0.25) is 0 Å². The van der Waals surface area contributed by atoms with Gasteiger partial charge >= 0.3 is 6.03 Å². The number of nitrogens with zero attached hydrogens (tertiary/aromatic N) is 3. The number of ether oxygens (including phenoxy) is 3. The van der Waals surface area contributed by atoms with Crippen molar-refractivity contribution >= 4 is 11.9 Å². The molecule has 168 valence electrons. The number of benzene rings is 2. The second kappa shape index (κ2) is 8.35. The van der Waals surface area contributed by atoms with Crippen LogP contribution in [0.3, 0.4) is 0 Å². The molecule has 0 bridgehead atoms. The van der Waals surface area contributed by atoms with E-state index in [1.54, 1.807) is 24.0 Å². The second-order valence-corrected chi connectivity index (χ2v) is 8.37. The Balaban J connectivity index is 1.41. The average molecular weight is 437 g/mol. The summed E-state index contributed by atoms with van der Waals surface area (Å²) in [5.41, 5.74) is 2.46. The highest BCUT2D eigenvalue weighted by molar-refractivity contribution is 5.98. The van der Waals surface area contributed by atoms with Crippen LogP contribution < -0.4 is 9.47 Å². The standard InChI is InChI=1S/C24H27N3O5/c1-25-20-14-27(24(29)26-8-10-31-11-9-26)15-22(20)32-21-13-17(6-7-19(21)23(25)28)16-4-3-5-18(12-16)30-2/h3-7,12-13,20,22H,8-11,14-15H2,1-2H3. The fraction of sp³-hybridized carbons (Fsp3) is 0.417. The molecule has 0 radical (unpaired) electrons. The van der Waals surface area contributed by atoms with Gasteiger partial charge in [-0.3, -0.25) is 4.79 Å². The number of urea groups is 1. The van der Waals surface area contributed by atoms with Crippen LogP contribution in [0.1, 0.15) is 10.4 Å². The first-order valence-electron chi connectivity index (χ1n) is 10.9. The molecule has 8 nitrogen and oxygen atoms in total. The lowest BCUT2D eigenvalue weighted by molar-refractivity contribution is 0.0441. The van der Waals surface area contributed by atoms with Crippen LogP contribution in [0.4, 0.5) is 4.79 Å². The summed E-state index contributed by atoms with van der Waals surface area (Å²) in [6.45, 7) is 3.20. The number of morpholine rings is 1. The van der Waals surface area contributed by atoms with Crippen LogP contribution in [0.5, 0.6) is 11.5 Å².